The molecule has 1 heterocycles. The smallest absolute Gasteiger partial charge is 0.103 e. The molecule has 0 saturated carbocycles. The second-order valence-electron chi connectivity index (χ2n) is 2.96. The number of benzene rings is 1. The third-order valence-corrected chi connectivity index (χ3v) is 1.94. The number of anilines is 1. The van der Waals surface area contributed by atoms with Gasteiger partial charge in [0.05, 0.1) is 5.69 Å². The molecule has 0 saturated heterocycles. The van der Waals surface area contributed by atoms with Crippen LogP contribution in [0.25, 0.3) is 11.3 Å². The molecule has 1 aromatic heterocycles. The average Bonchev–Trinajstić information content (AvgIpc) is 2.53. The van der Waals surface area contributed by atoms with Crippen LogP contribution in [-0.4, -0.2) is 9.97 Å². The molecule has 66 valence electrons. The van der Waals surface area contributed by atoms with Gasteiger partial charge in [-0.15, -0.1) is 0 Å². The lowest BCUT2D eigenvalue weighted by Crippen LogP contribution is -1.88. The molecule has 2 aromatic rings. The van der Waals surface area contributed by atoms with Gasteiger partial charge in [-0.05, 0) is 13.0 Å². The molecule has 0 radical (unpaired) electrons. The minimum absolute atomic E-state index is 0.758. The standard InChI is InChI=1S/C10H11N3/c1-7-12-6-10(13-7)8-4-2-3-5-9(8)11/h2-6H,11H2,1H3,(H,12,13). The fraction of sp³-hybridized carbons (Fsp3) is 0.100. The van der Waals surface area contributed by atoms with E-state index in [0.29, 0.717) is 0 Å². The van der Waals surface area contributed by atoms with E-state index < -0.39 is 0 Å². The van der Waals surface area contributed by atoms with Crippen LogP contribution in [0.2, 0.25) is 0 Å². The number of para-hydroxylation sites is 1. The first kappa shape index (κ1) is 7.86. The molecular weight excluding hydrogens is 162 g/mol. The Kier molecular flexibility index (Phi) is 1.77. The van der Waals surface area contributed by atoms with Gasteiger partial charge in [-0.2, -0.15) is 0 Å². The van der Waals surface area contributed by atoms with Gasteiger partial charge in [0.15, 0.2) is 0 Å². The average molecular weight is 173 g/mol. The van der Waals surface area contributed by atoms with Gasteiger partial charge < -0.3 is 10.7 Å². The van der Waals surface area contributed by atoms with Crippen LogP contribution >= 0.6 is 0 Å². The van der Waals surface area contributed by atoms with E-state index in [9.17, 15) is 0 Å². The number of nitrogen functional groups attached to an aromatic ring is 1. The first-order chi connectivity index (χ1) is 6.27. The predicted octanol–water partition coefficient (Wildman–Crippen LogP) is 1.97. The number of nitrogens with zero attached hydrogens (tertiary/aromatic N) is 1. The maximum atomic E-state index is 5.81. The normalized spacial score (nSPS) is 10.2. The number of aromatic amines is 1. The summed E-state index contributed by atoms with van der Waals surface area (Å²) in [5, 5.41) is 0. The van der Waals surface area contributed by atoms with Gasteiger partial charge in [0.2, 0.25) is 0 Å². The second-order valence-corrected chi connectivity index (χ2v) is 2.96. The monoisotopic (exact) mass is 173 g/mol. The molecule has 0 aliphatic carbocycles. The fourth-order valence-electron chi connectivity index (χ4n) is 1.29. The summed E-state index contributed by atoms with van der Waals surface area (Å²) in [4.78, 5) is 7.33. The number of nitrogens with two attached hydrogens (primary N) is 1. The number of nitrogens with one attached hydrogen (secondary N) is 1. The molecule has 1 aromatic carbocycles. The van der Waals surface area contributed by atoms with Gasteiger partial charge in [0.1, 0.15) is 5.82 Å². The largest absolute Gasteiger partial charge is 0.398 e. The molecule has 0 bridgehead atoms. The van der Waals surface area contributed by atoms with Crippen LogP contribution in [0, 0.1) is 6.92 Å². The summed E-state index contributed by atoms with van der Waals surface area (Å²) >= 11 is 0. The van der Waals surface area contributed by atoms with Gasteiger partial charge in [0.25, 0.3) is 0 Å². The summed E-state index contributed by atoms with van der Waals surface area (Å²) in [6.45, 7) is 1.92. The van der Waals surface area contributed by atoms with Crippen molar-refractivity contribution in [1.82, 2.24) is 9.97 Å². The van der Waals surface area contributed by atoms with Crippen LogP contribution in [-0.2, 0) is 0 Å². The van der Waals surface area contributed by atoms with Crippen molar-refractivity contribution in [3.63, 3.8) is 0 Å². The molecule has 0 aliphatic heterocycles. The summed E-state index contributed by atoms with van der Waals surface area (Å²) in [5.41, 5.74) is 8.44. The van der Waals surface area contributed by atoms with E-state index in [1.165, 1.54) is 0 Å². The summed E-state index contributed by atoms with van der Waals surface area (Å²) in [6.07, 6.45) is 1.86. The maximum Gasteiger partial charge on any atom is 0.103 e. The molecule has 0 atom stereocenters. The molecule has 3 N–H and O–H groups in total. The van der Waals surface area contributed by atoms with E-state index in [1.807, 2.05) is 37.4 Å². The lowest BCUT2D eigenvalue weighted by atomic mass is 10.1. The number of imidazole rings is 1. The van der Waals surface area contributed by atoms with Gasteiger partial charge in [-0.3, -0.25) is 0 Å². The molecule has 0 fully saturated rings. The number of aromatic nitrogens is 2. The van der Waals surface area contributed by atoms with E-state index in [-0.39, 0.29) is 0 Å². The molecule has 0 unspecified atom stereocenters. The van der Waals surface area contributed by atoms with E-state index in [1.54, 1.807) is 0 Å². The van der Waals surface area contributed by atoms with Crippen molar-refractivity contribution in [2.75, 3.05) is 5.73 Å². The zero-order valence-electron chi connectivity index (χ0n) is 7.41. The number of H-pyrrole nitrogens is 1. The van der Waals surface area contributed by atoms with Gasteiger partial charge in [0, 0.05) is 17.4 Å². The van der Waals surface area contributed by atoms with Crippen LogP contribution in [0.3, 0.4) is 0 Å². The number of hydrogen-bond donors (Lipinski definition) is 2. The minimum Gasteiger partial charge on any atom is -0.398 e. The zero-order chi connectivity index (χ0) is 9.26. The van der Waals surface area contributed by atoms with Crippen molar-refractivity contribution >= 4 is 5.69 Å². The van der Waals surface area contributed by atoms with E-state index in [0.717, 1.165) is 22.8 Å². The Balaban J connectivity index is 2.52. The van der Waals surface area contributed by atoms with Crippen LogP contribution in [0.5, 0.6) is 0 Å². The summed E-state index contributed by atoms with van der Waals surface area (Å²) in [6, 6.07) is 7.71. The molecule has 0 spiro atoms. The molecule has 2 rings (SSSR count). The molecule has 0 amide bonds. The molecule has 13 heavy (non-hydrogen) atoms. The molecular formula is C10H11N3. The number of hydrogen-bond acceptors (Lipinski definition) is 2. The minimum atomic E-state index is 0.758. The van der Waals surface area contributed by atoms with Gasteiger partial charge in [-0.1, -0.05) is 18.2 Å². The SMILES string of the molecule is Cc1nc(-c2ccccc2N)c[nH]1. The Morgan fingerprint density at radius 1 is 1.31 bits per heavy atom. The predicted molar refractivity (Wildman–Crippen MR) is 53.2 cm³/mol. The summed E-state index contributed by atoms with van der Waals surface area (Å²) < 4.78 is 0. The van der Waals surface area contributed by atoms with Crippen molar-refractivity contribution in [3.05, 3.63) is 36.3 Å². The topological polar surface area (TPSA) is 54.7 Å². The quantitative estimate of drug-likeness (QED) is 0.648. The van der Waals surface area contributed by atoms with Crippen LogP contribution in [0.15, 0.2) is 30.5 Å². The van der Waals surface area contributed by atoms with E-state index >= 15 is 0 Å². The highest BCUT2D eigenvalue weighted by Gasteiger charge is 2.03. The van der Waals surface area contributed by atoms with Gasteiger partial charge in [-0.25, -0.2) is 4.98 Å². The lowest BCUT2D eigenvalue weighted by molar-refractivity contribution is 1.15. The van der Waals surface area contributed by atoms with Crippen molar-refractivity contribution in [2.24, 2.45) is 0 Å². The molecule has 3 nitrogen and oxygen atoms in total. The van der Waals surface area contributed by atoms with Crippen molar-refractivity contribution in [1.29, 1.82) is 0 Å². The first-order valence-electron chi connectivity index (χ1n) is 4.14. The van der Waals surface area contributed by atoms with E-state index in [4.69, 9.17) is 5.73 Å². The number of aryl methyl sites for hydroxylation is 1. The Morgan fingerprint density at radius 2 is 2.08 bits per heavy atom. The second kappa shape index (κ2) is 2.94. The van der Waals surface area contributed by atoms with Crippen LogP contribution in [0.4, 0.5) is 5.69 Å². The first-order valence-corrected chi connectivity index (χ1v) is 4.14. The Labute approximate surface area is 76.6 Å². The zero-order valence-corrected chi connectivity index (χ0v) is 7.41. The number of rotatable bonds is 1. The third kappa shape index (κ3) is 1.40. The summed E-state index contributed by atoms with van der Waals surface area (Å²) in [7, 11) is 0. The highest BCUT2D eigenvalue weighted by atomic mass is 14.9. The Bertz CT molecular complexity index is 418. The highest BCUT2D eigenvalue weighted by Crippen LogP contribution is 2.22. The Morgan fingerprint density at radius 3 is 2.69 bits per heavy atom. The van der Waals surface area contributed by atoms with Crippen LogP contribution in [0.1, 0.15) is 5.82 Å². The lowest BCUT2D eigenvalue weighted by Gasteiger charge is -1.99. The Hall–Kier alpha value is -1.77. The fourth-order valence-corrected chi connectivity index (χ4v) is 1.29. The van der Waals surface area contributed by atoms with E-state index in [2.05, 4.69) is 9.97 Å². The molecule has 3 heteroatoms. The maximum absolute atomic E-state index is 5.81. The van der Waals surface area contributed by atoms with Crippen molar-refractivity contribution in [2.45, 2.75) is 6.92 Å². The highest BCUT2D eigenvalue weighted by molar-refractivity contribution is 5.73. The van der Waals surface area contributed by atoms with Crippen molar-refractivity contribution < 1.29 is 0 Å². The molecule has 0 aliphatic rings. The third-order valence-electron chi connectivity index (χ3n) is 1.94. The van der Waals surface area contributed by atoms with Gasteiger partial charge >= 0.3 is 0 Å². The summed E-state index contributed by atoms with van der Waals surface area (Å²) in [5.74, 6) is 0.901. The van der Waals surface area contributed by atoms with Crippen molar-refractivity contribution in [3.8, 4) is 11.3 Å². The van der Waals surface area contributed by atoms with Crippen LogP contribution < -0.4 is 5.73 Å².